The maximum atomic E-state index is 14.5. The van der Waals surface area contributed by atoms with Gasteiger partial charge in [-0.1, -0.05) is 110 Å². The number of benzene rings is 4. The molecule has 1 atom stereocenters. The standard InChI is InChI=1S/C38H32I2N2O4S/c1-4-45-37(44)32-33(26-13-9-6-10-14-26)41-38-42(34(32)27-17-15-25(16-18-27)23(2)3)36(43)31(47-38)20-28-19-29(39)21-30(40)35(28)46-22-24-11-7-5-8-12-24/h5-21,23,34H,4,22H2,1-3H3/b31-20-/t34-/m0/s1. The third-order valence-corrected chi connectivity index (χ3v) is 10.2. The number of hydrogen-bond acceptors (Lipinski definition) is 6. The van der Waals surface area contributed by atoms with Crippen molar-refractivity contribution in [1.82, 2.24) is 4.57 Å². The Labute approximate surface area is 304 Å². The summed E-state index contributed by atoms with van der Waals surface area (Å²) in [5, 5.41) is 0. The van der Waals surface area contributed by atoms with Crippen molar-refractivity contribution < 1.29 is 14.3 Å². The Morgan fingerprint density at radius 1 is 0.979 bits per heavy atom. The van der Waals surface area contributed by atoms with E-state index in [4.69, 9.17) is 14.5 Å². The highest BCUT2D eigenvalue weighted by atomic mass is 127. The number of ether oxygens (including phenoxy) is 2. The lowest BCUT2D eigenvalue weighted by Crippen LogP contribution is -2.40. The first kappa shape index (κ1) is 33.4. The molecule has 2 heterocycles. The topological polar surface area (TPSA) is 69.9 Å². The molecule has 1 aliphatic heterocycles. The summed E-state index contributed by atoms with van der Waals surface area (Å²) in [6.07, 6.45) is 1.88. The molecule has 0 N–H and O–H groups in total. The quantitative estimate of drug-likeness (QED) is 0.112. The van der Waals surface area contributed by atoms with Gasteiger partial charge >= 0.3 is 5.97 Å². The van der Waals surface area contributed by atoms with Gasteiger partial charge in [0.25, 0.3) is 5.56 Å². The second kappa shape index (κ2) is 14.7. The van der Waals surface area contributed by atoms with Crippen LogP contribution in [-0.2, 0) is 16.1 Å². The largest absolute Gasteiger partial charge is 0.487 e. The zero-order valence-corrected chi connectivity index (χ0v) is 31.2. The molecule has 0 unspecified atom stereocenters. The van der Waals surface area contributed by atoms with Gasteiger partial charge in [-0.25, -0.2) is 9.79 Å². The van der Waals surface area contributed by atoms with Gasteiger partial charge in [0.05, 0.1) is 32.0 Å². The highest BCUT2D eigenvalue weighted by Gasteiger charge is 2.35. The van der Waals surface area contributed by atoms with E-state index in [-0.39, 0.29) is 12.2 Å². The third kappa shape index (κ3) is 7.17. The summed E-state index contributed by atoms with van der Waals surface area (Å²) in [5.74, 6) is 0.547. The summed E-state index contributed by atoms with van der Waals surface area (Å²) >= 11 is 5.87. The summed E-state index contributed by atoms with van der Waals surface area (Å²) in [4.78, 5) is 33.8. The van der Waals surface area contributed by atoms with Gasteiger partial charge in [-0.3, -0.25) is 9.36 Å². The molecule has 6 rings (SSSR count). The van der Waals surface area contributed by atoms with Crippen LogP contribution in [0.1, 0.15) is 60.5 Å². The molecule has 6 nitrogen and oxygen atoms in total. The van der Waals surface area contributed by atoms with Crippen molar-refractivity contribution in [2.45, 2.75) is 39.3 Å². The zero-order chi connectivity index (χ0) is 33.1. The van der Waals surface area contributed by atoms with Gasteiger partial charge in [-0.15, -0.1) is 0 Å². The molecule has 5 aromatic rings. The Bertz CT molecular complexity index is 2140. The number of nitrogens with zero attached hydrogens (tertiary/aromatic N) is 2. The highest BCUT2D eigenvalue weighted by molar-refractivity contribution is 14.1. The van der Waals surface area contributed by atoms with Crippen LogP contribution in [0.3, 0.4) is 0 Å². The Kier molecular flexibility index (Phi) is 10.4. The molecular formula is C38H32I2N2O4S. The van der Waals surface area contributed by atoms with Gasteiger partial charge in [-0.05, 0) is 92.9 Å². The fourth-order valence-electron chi connectivity index (χ4n) is 5.53. The van der Waals surface area contributed by atoms with Crippen LogP contribution in [-0.4, -0.2) is 17.1 Å². The van der Waals surface area contributed by atoms with Crippen LogP contribution in [0.5, 0.6) is 5.75 Å². The third-order valence-electron chi connectivity index (χ3n) is 7.84. The molecule has 9 heteroatoms. The van der Waals surface area contributed by atoms with E-state index in [1.54, 1.807) is 11.5 Å². The van der Waals surface area contributed by atoms with Crippen LogP contribution in [0.15, 0.2) is 112 Å². The SMILES string of the molecule is CCOC(=O)C1=C(c2ccccc2)N=c2s/c(=C\c3cc(I)cc(I)c3OCc3ccccc3)c(=O)n2[C@H]1c1ccc(C(C)C)cc1. The lowest BCUT2D eigenvalue weighted by Gasteiger charge is -2.26. The smallest absolute Gasteiger partial charge is 0.338 e. The van der Waals surface area contributed by atoms with Crippen molar-refractivity contribution in [1.29, 1.82) is 0 Å². The summed E-state index contributed by atoms with van der Waals surface area (Å²) in [5.41, 5.74) is 5.22. The summed E-state index contributed by atoms with van der Waals surface area (Å²) in [6, 6.07) is 31.1. The number of fused-ring (bicyclic) bond motifs is 1. The van der Waals surface area contributed by atoms with Gasteiger partial charge in [0.15, 0.2) is 4.80 Å². The maximum Gasteiger partial charge on any atom is 0.338 e. The van der Waals surface area contributed by atoms with E-state index in [2.05, 4.69) is 77.2 Å². The minimum Gasteiger partial charge on any atom is -0.487 e. The number of esters is 1. The van der Waals surface area contributed by atoms with Gasteiger partial charge in [0.1, 0.15) is 12.4 Å². The number of aromatic nitrogens is 1. The molecule has 1 aliphatic rings. The monoisotopic (exact) mass is 866 g/mol. The summed E-state index contributed by atoms with van der Waals surface area (Å²) in [6.45, 7) is 6.65. The van der Waals surface area contributed by atoms with E-state index in [1.807, 2.05) is 84.9 Å². The minimum absolute atomic E-state index is 0.199. The van der Waals surface area contributed by atoms with E-state index in [0.29, 0.717) is 38.9 Å². The second-order valence-corrected chi connectivity index (χ2v) is 14.8. The minimum atomic E-state index is -0.728. The molecule has 0 amide bonds. The van der Waals surface area contributed by atoms with Crippen molar-refractivity contribution in [3.8, 4) is 5.75 Å². The van der Waals surface area contributed by atoms with Crippen molar-refractivity contribution in [2.75, 3.05) is 6.61 Å². The van der Waals surface area contributed by atoms with Crippen molar-refractivity contribution >= 4 is 74.3 Å². The average molecular weight is 867 g/mol. The number of thiazole rings is 1. The van der Waals surface area contributed by atoms with E-state index < -0.39 is 12.0 Å². The molecule has 47 heavy (non-hydrogen) atoms. The lowest BCUT2D eigenvalue weighted by atomic mass is 9.91. The first-order valence-electron chi connectivity index (χ1n) is 15.3. The number of hydrogen-bond donors (Lipinski definition) is 0. The first-order valence-corrected chi connectivity index (χ1v) is 18.3. The normalized spacial score (nSPS) is 14.6. The van der Waals surface area contributed by atoms with E-state index in [0.717, 1.165) is 29.4 Å². The average Bonchev–Trinajstić information content (AvgIpc) is 3.38. The molecule has 0 fully saturated rings. The van der Waals surface area contributed by atoms with Gasteiger partial charge in [0, 0.05) is 14.7 Å². The number of carbonyl (C=O) groups excluding carboxylic acids is 1. The number of carbonyl (C=O) groups is 1. The van der Waals surface area contributed by atoms with Gasteiger partial charge < -0.3 is 9.47 Å². The van der Waals surface area contributed by atoms with Crippen LogP contribution in [0.25, 0.3) is 11.8 Å². The fraction of sp³-hybridized carbons (Fsp3) is 0.184. The molecule has 238 valence electrons. The zero-order valence-electron chi connectivity index (χ0n) is 26.1. The van der Waals surface area contributed by atoms with Crippen molar-refractivity contribution in [3.05, 3.63) is 157 Å². The van der Waals surface area contributed by atoms with Gasteiger partial charge in [0.2, 0.25) is 0 Å². The molecule has 0 spiro atoms. The molecule has 4 aromatic carbocycles. The van der Waals surface area contributed by atoms with Crippen LogP contribution in [0, 0.1) is 7.14 Å². The van der Waals surface area contributed by atoms with Crippen molar-refractivity contribution in [2.24, 2.45) is 4.99 Å². The molecule has 0 saturated heterocycles. The fourth-order valence-corrected chi connectivity index (χ4v) is 8.57. The number of rotatable bonds is 9. The number of halogens is 2. The van der Waals surface area contributed by atoms with E-state index in [1.165, 1.54) is 16.9 Å². The molecule has 0 bridgehead atoms. The predicted molar refractivity (Wildman–Crippen MR) is 204 cm³/mol. The highest BCUT2D eigenvalue weighted by Crippen LogP contribution is 2.36. The van der Waals surface area contributed by atoms with Crippen molar-refractivity contribution in [3.63, 3.8) is 0 Å². The molecular weight excluding hydrogens is 834 g/mol. The summed E-state index contributed by atoms with van der Waals surface area (Å²) < 4.78 is 16.1. The molecule has 0 saturated carbocycles. The molecule has 1 aromatic heterocycles. The predicted octanol–water partition coefficient (Wildman–Crippen LogP) is 7.85. The lowest BCUT2D eigenvalue weighted by molar-refractivity contribution is -0.138. The summed E-state index contributed by atoms with van der Waals surface area (Å²) in [7, 11) is 0. The van der Waals surface area contributed by atoms with Crippen LogP contribution < -0.4 is 19.6 Å². The van der Waals surface area contributed by atoms with E-state index >= 15 is 0 Å². The Balaban J connectivity index is 1.57. The van der Waals surface area contributed by atoms with Gasteiger partial charge in [-0.2, -0.15) is 0 Å². The van der Waals surface area contributed by atoms with Crippen LogP contribution >= 0.6 is 56.5 Å². The van der Waals surface area contributed by atoms with E-state index in [9.17, 15) is 9.59 Å². The Hall–Kier alpha value is -3.55. The molecule has 0 aliphatic carbocycles. The maximum absolute atomic E-state index is 14.5. The first-order chi connectivity index (χ1) is 22.7. The Morgan fingerprint density at radius 2 is 1.66 bits per heavy atom. The second-order valence-electron chi connectivity index (χ2n) is 11.3. The van der Waals surface area contributed by atoms with Crippen LogP contribution in [0.4, 0.5) is 0 Å². The van der Waals surface area contributed by atoms with Crippen LogP contribution in [0.2, 0.25) is 0 Å². The molecule has 0 radical (unpaired) electrons. The Morgan fingerprint density at radius 3 is 2.32 bits per heavy atom.